The van der Waals surface area contributed by atoms with Crippen LogP contribution in [0.15, 0.2) is 29.8 Å². The Hall–Kier alpha value is -1.04. The van der Waals surface area contributed by atoms with Gasteiger partial charge in [0.2, 0.25) is 0 Å². The molecule has 2 rings (SSSR count). The number of rotatable bonds is 3. The van der Waals surface area contributed by atoms with Crippen molar-refractivity contribution in [3.05, 3.63) is 41.0 Å². The first kappa shape index (κ1) is 9.51. The molecule has 0 nitrogen and oxygen atoms in total. The number of allylic oxidation sites excluding steroid dienone is 2. The van der Waals surface area contributed by atoms with Crippen molar-refractivity contribution in [1.29, 1.82) is 0 Å². The van der Waals surface area contributed by atoms with E-state index in [0.29, 0.717) is 0 Å². The molecule has 0 aromatic heterocycles. The Morgan fingerprint density at radius 3 is 2.79 bits per heavy atom. The minimum atomic E-state index is 1.18. The van der Waals surface area contributed by atoms with Gasteiger partial charge in [-0.3, -0.25) is 0 Å². The molecular formula is C14H18. The van der Waals surface area contributed by atoms with E-state index in [4.69, 9.17) is 0 Å². The van der Waals surface area contributed by atoms with E-state index in [1.807, 2.05) is 0 Å². The van der Waals surface area contributed by atoms with Gasteiger partial charge in [0.15, 0.2) is 0 Å². The van der Waals surface area contributed by atoms with Gasteiger partial charge in [-0.05, 0) is 42.9 Å². The first-order chi connectivity index (χ1) is 6.83. The normalized spacial score (nSPS) is 14.7. The van der Waals surface area contributed by atoms with E-state index in [9.17, 15) is 0 Å². The maximum Gasteiger partial charge on any atom is -0.00578 e. The van der Waals surface area contributed by atoms with Crippen LogP contribution in [0.5, 0.6) is 0 Å². The van der Waals surface area contributed by atoms with Gasteiger partial charge >= 0.3 is 0 Å². The highest BCUT2D eigenvalue weighted by molar-refractivity contribution is 5.75. The summed E-state index contributed by atoms with van der Waals surface area (Å²) in [5.74, 6) is 0. The fraction of sp³-hybridized carbons (Fsp3) is 0.429. The van der Waals surface area contributed by atoms with Crippen LogP contribution < -0.4 is 0 Å². The average Bonchev–Trinajstić information content (AvgIpc) is 2.51. The Kier molecular flexibility index (Phi) is 2.72. The van der Waals surface area contributed by atoms with Gasteiger partial charge in [0.05, 0.1) is 0 Å². The third-order valence-corrected chi connectivity index (χ3v) is 3.09. The smallest absolute Gasteiger partial charge is 0.00578 e. The van der Waals surface area contributed by atoms with Gasteiger partial charge in [0, 0.05) is 0 Å². The molecule has 0 saturated heterocycles. The summed E-state index contributed by atoms with van der Waals surface area (Å²) in [5.41, 5.74) is 6.23. The van der Waals surface area contributed by atoms with Crippen LogP contribution in [0.25, 0.3) is 5.57 Å². The highest BCUT2D eigenvalue weighted by atomic mass is 14.2. The Labute approximate surface area is 86.7 Å². The first-order valence-electron chi connectivity index (χ1n) is 5.60. The van der Waals surface area contributed by atoms with E-state index in [1.165, 1.54) is 36.8 Å². The monoisotopic (exact) mass is 186 g/mol. The molecule has 1 aromatic rings. The predicted molar refractivity (Wildman–Crippen MR) is 62.3 cm³/mol. The summed E-state index contributed by atoms with van der Waals surface area (Å²) in [7, 11) is 0. The van der Waals surface area contributed by atoms with E-state index in [1.54, 1.807) is 11.1 Å². The Bertz CT molecular complexity index is 358. The van der Waals surface area contributed by atoms with Crippen LogP contribution in [0.2, 0.25) is 0 Å². The molecule has 0 spiro atoms. The molecule has 0 radical (unpaired) electrons. The lowest BCUT2D eigenvalue weighted by Gasteiger charge is -2.05. The van der Waals surface area contributed by atoms with Crippen LogP contribution in [-0.2, 0) is 6.42 Å². The number of fused-ring (bicyclic) bond motifs is 1. The molecule has 0 unspecified atom stereocenters. The molecule has 14 heavy (non-hydrogen) atoms. The van der Waals surface area contributed by atoms with Gasteiger partial charge in [-0.2, -0.15) is 0 Å². The highest BCUT2D eigenvalue weighted by Gasteiger charge is 2.16. The van der Waals surface area contributed by atoms with Crippen molar-refractivity contribution in [2.24, 2.45) is 0 Å². The Morgan fingerprint density at radius 2 is 2.00 bits per heavy atom. The summed E-state index contributed by atoms with van der Waals surface area (Å²) in [6, 6.07) is 8.84. The Balaban J connectivity index is 2.27. The number of unbranched alkanes of at least 4 members (excludes halogenated alkanes) is 1. The molecule has 1 aliphatic carbocycles. The highest BCUT2D eigenvalue weighted by Crippen LogP contribution is 2.35. The summed E-state index contributed by atoms with van der Waals surface area (Å²) >= 11 is 0. The number of hydrogen-bond donors (Lipinski definition) is 0. The number of hydrogen-bond acceptors (Lipinski definition) is 0. The molecule has 0 saturated carbocycles. The van der Waals surface area contributed by atoms with Gasteiger partial charge < -0.3 is 0 Å². The molecule has 0 amide bonds. The fourth-order valence-corrected chi connectivity index (χ4v) is 2.29. The SMILES string of the molecule is CCCCC1=C(C)Cc2ccccc21. The zero-order valence-electron chi connectivity index (χ0n) is 9.14. The first-order valence-corrected chi connectivity index (χ1v) is 5.60. The van der Waals surface area contributed by atoms with Crippen molar-refractivity contribution in [3.8, 4) is 0 Å². The van der Waals surface area contributed by atoms with Crippen LogP contribution in [0.4, 0.5) is 0 Å². The van der Waals surface area contributed by atoms with Crippen molar-refractivity contribution in [2.45, 2.75) is 39.5 Å². The van der Waals surface area contributed by atoms with Crippen molar-refractivity contribution in [3.63, 3.8) is 0 Å². The zero-order chi connectivity index (χ0) is 9.97. The topological polar surface area (TPSA) is 0 Å². The van der Waals surface area contributed by atoms with Crippen LogP contribution in [0.3, 0.4) is 0 Å². The van der Waals surface area contributed by atoms with Crippen molar-refractivity contribution in [1.82, 2.24) is 0 Å². The maximum absolute atomic E-state index is 2.28. The third kappa shape index (κ3) is 1.61. The van der Waals surface area contributed by atoms with Crippen LogP contribution in [0.1, 0.15) is 44.2 Å². The molecule has 1 aromatic carbocycles. The lowest BCUT2D eigenvalue weighted by molar-refractivity contribution is 0.823. The van der Waals surface area contributed by atoms with E-state index in [2.05, 4.69) is 38.1 Å². The zero-order valence-corrected chi connectivity index (χ0v) is 9.14. The molecule has 0 N–H and O–H groups in total. The molecule has 1 aliphatic rings. The minimum Gasteiger partial charge on any atom is -0.0654 e. The third-order valence-electron chi connectivity index (χ3n) is 3.09. The second-order valence-corrected chi connectivity index (χ2v) is 4.20. The van der Waals surface area contributed by atoms with Gasteiger partial charge in [-0.15, -0.1) is 0 Å². The standard InChI is InChI=1S/C14H18/c1-3-4-8-13-11(2)10-12-7-5-6-9-14(12)13/h5-7,9H,3-4,8,10H2,1-2H3. The molecule has 0 atom stereocenters. The molecule has 0 bridgehead atoms. The molecule has 0 heteroatoms. The Morgan fingerprint density at radius 1 is 1.21 bits per heavy atom. The second kappa shape index (κ2) is 4.00. The minimum absolute atomic E-state index is 1.18. The summed E-state index contributed by atoms with van der Waals surface area (Å²) in [5, 5.41) is 0. The maximum atomic E-state index is 2.28. The van der Waals surface area contributed by atoms with Crippen molar-refractivity contribution >= 4 is 5.57 Å². The average molecular weight is 186 g/mol. The quantitative estimate of drug-likeness (QED) is 0.663. The predicted octanol–water partition coefficient (Wildman–Crippen LogP) is 4.21. The van der Waals surface area contributed by atoms with Crippen LogP contribution in [0, 0.1) is 0 Å². The largest absolute Gasteiger partial charge is 0.0654 e. The fourth-order valence-electron chi connectivity index (χ4n) is 2.29. The van der Waals surface area contributed by atoms with E-state index in [-0.39, 0.29) is 0 Å². The van der Waals surface area contributed by atoms with Crippen molar-refractivity contribution in [2.75, 3.05) is 0 Å². The van der Waals surface area contributed by atoms with Crippen LogP contribution in [-0.4, -0.2) is 0 Å². The van der Waals surface area contributed by atoms with E-state index >= 15 is 0 Å². The van der Waals surface area contributed by atoms with E-state index < -0.39 is 0 Å². The molecule has 0 aliphatic heterocycles. The second-order valence-electron chi connectivity index (χ2n) is 4.20. The molecule has 0 fully saturated rings. The molecule has 74 valence electrons. The van der Waals surface area contributed by atoms with Gasteiger partial charge in [0.1, 0.15) is 0 Å². The summed E-state index contributed by atoms with van der Waals surface area (Å²) in [4.78, 5) is 0. The summed E-state index contributed by atoms with van der Waals surface area (Å²) in [6.45, 7) is 4.54. The lowest BCUT2D eigenvalue weighted by atomic mass is 10.0. The molecular weight excluding hydrogens is 168 g/mol. The summed E-state index contributed by atoms with van der Waals surface area (Å²) < 4.78 is 0. The summed E-state index contributed by atoms with van der Waals surface area (Å²) in [6.07, 6.45) is 5.05. The van der Waals surface area contributed by atoms with Gasteiger partial charge in [-0.25, -0.2) is 0 Å². The number of benzene rings is 1. The lowest BCUT2D eigenvalue weighted by Crippen LogP contribution is -1.84. The van der Waals surface area contributed by atoms with Gasteiger partial charge in [0.25, 0.3) is 0 Å². The molecule has 0 heterocycles. The van der Waals surface area contributed by atoms with Crippen LogP contribution >= 0.6 is 0 Å². The van der Waals surface area contributed by atoms with E-state index in [0.717, 1.165) is 0 Å². The van der Waals surface area contributed by atoms with Gasteiger partial charge in [-0.1, -0.05) is 43.2 Å². The van der Waals surface area contributed by atoms with Crippen molar-refractivity contribution < 1.29 is 0 Å².